The van der Waals surface area contributed by atoms with Crippen LogP contribution in [-0.2, 0) is 17.8 Å². The first-order valence-electron chi connectivity index (χ1n) is 11.5. The lowest BCUT2D eigenvalue weighted by Crippen LogP contribution is -2.14. The molecule has 0 spiro atoms. The summed E-state index contributed by atoms with van der Waals surface area (Å²) in [6.07, 6.45) is 0.960. The minimum absolute atomic E-state index is 0.109. The van der Waals surface area contributed by atoms with Gasteiger partial charge in [-0.1, -0.05) is 49.0 Å². The molecule has 1 amide bonds. The van der Waals surface area contributed by atoms with Gasteiger partial charge >= 0.3 is 0 Å². The second kappa shape index (κ2) is 12.1. The number of para-hydroxylation sites is 1. The average Bonchev–Trinajstić information content (AvgIpc) is 3.31. The van der Waals surface area contributed by atoms with Crippen LogP contribution in [0.5, 0.6) is 11.5 Å². The molecular formula is C27H28N4O3S. The number of nitrogens with one attached hydrogen (secondary N) is 1. The van der Waals surface area contributed by atoms with E-state index in [1.54, 1.807) is 0 Å². The Morgan fingerprint density at radius 3 is 2.29 bits per heavy atom. The molecule has 1 N–H and O–H groups in total. The van der Waals surface area contributed by atoms with E-state index in [0.29, 0.717) is 17.6 Å². The van der Waals surface area contributed by atoms with Gasteiger partial charge in [0.05, 0.1) is 12.4 Å². The van der Waals surface area contributed by atoms with Crippen LogP contribution in [0, 0.1) is 0 Å². The number of rotatable bonds is 11. The van der Waals surface area contributed by atoms with E-state index in [1.165, 1.54) is 17.3 Å². The Morgan fingerprint density at radius 2 is 1.60 bits per heavy atom. The standard InChI is InChI=1S/C27H28N4O3S/c1-3-20-10-12-21(13-11-20)28-26(32)19-35-27-30-29-25(18-34-23-8-6-5-7-9-23)31(27)22-14-16-24(17-15-22)33-4-2/h5-17H,3-4,18-19H2,1-2H3,(H,28,32). The molecule has 0 aliphatic carbocycles. The quantitative estimate of drug-likeness (QED) is 0.279. The molecule has 1 aromatic heterocycles. The van der Waals surface area contributed by atoms with Crippen molar-refractivity contribution in [3.8, 4) is 17.2 Å². The fourth-order valence-electron chi connectivity index (χ4n) is 3.42. The zero-order chi connectivity index (χ0) is 24.5. The number of aryl methyl sites for hydroxylation is 1. The van der Waals surface area contributed by atoms with Gasteiger partial charge in [-0.2, -0.15) is 0 Å². The van der Waals surface area contributed by atoms with Crippen LogP contribution in [0.1, 0.15) is 25.2 Å². The van der Waals surface area contributed by atoms with Crippen molar-refractivity contribution >= 4 is 23.4 Å². The molecule has 0 radical (unpaired) electrons. The van der Waals surface area contributed by atoms with Crippen molar-refractivity contribution in [2.24, 2.45) is 0 Å². The van der Waals surface area contributed by atoms with Gasteiger partial charge in [0.1, 0.15) is 18.1 Å². The first kappa shape index (κ1) is 24.3. The smallest absolute Gasteiger partial charge is 0.234 e. The van der Waals surface area contributed by atoms with E-state index in [9.17, 15) is 4.79 Å². The molecule has 8 heteroatoms. The molecule has 0 saturated heterocycles. The van der Waals surface area contributed by atoms with Gasteiger partial charge < -0.3 is 14.8 Å². The molecule has 3 aromatic carbocycles. The van der Waals surface area contributed by atoms with Gasteiger partial charge in [-0.05, 0) is 67.4 Å². The largest absolute Gasteiger partial charge is 0.494 e. The highest BCUT2D eigenvalue weighted by Crippen LogP contribution is 2.25. The molecule has 0 aliphatic heterocycles. The molecule has 7 nitrogen and oxygen atoms in total. The predicted molar refractivity (Wildman–Crippen MR) is 138 cm³/mol. The van der Waals surface area contributed by atoms with Crippen molar-refractivity contribution in [2.75, 3.05) is 17.7 Å². The van der Waals surface area contributed by atoms with Gasteiger partial charge in [-0.25, -0.2) is 0 Å². The number of ether oxygens (including phenoxy) is 2. The van der Waals surface area contributed by atoms with E-state index < -0.39 is 0 Å². The molecule has 0 bridgehead atoms. The first-order valence-corrected chi connectivity index (χ1v) is 12.5. The second-order valence-corrected chi connectivity index (χ2v) is 8.59. The Morgan fingerprint density at radius 1 is 0.886 bits per heavy atom. The highest BCUT2D eigenvalue weighted by atomic mass is 32.2. The molecule has 0 fully saturated rings. The third kappa shape index (κ3) is 6.64. The molecule has 0 saturated carbocycles. The highest BCUT2D eigenvalue weighted by Gasteiger charge is 2.17. The summed E-state index contributed by atoms with van der Waals surface area (Å²) in [4.78, 5) is 12.6. The maximum absolute atomic E-state index is 12.6. The Hall–Kier alpha value is -3.78. The second-order valence-electron chi connectivity index (χ2n) is 7.65. The summed E-state index contributed by atoms with van der Waals surface area (Å²) in [5, 5.41) is 12.2. The van der Waals surface area contributed by atoms with Crippen molar-refractivity contribution in [2.45, 2.75) is 32.0 Å². The molecule has 180 valence electrons. The number of thioether (sulfide) groups is 1. The Labute approximate surface area is 209 Å². The number of anilines is 1. The normalized spacial score (nSPS) is 10.7. The number of hydrogen-bond acceptors (Lipinski definition) is 6. The minimum Gasteiger partial charge on any atom is -0.494 e. The number of aromatic nitrogens is 3. The van der Waals surface area contributed by atoms with Gasteiger partial charge in [-0.3, -0.25) is 9.36 Å². The van der Waals surface area contributed by atoms with Crippen LogP contribution in [0.15, 0.2) is 84.0 Å². The molecule has 1 heterocycles. The van der Waals surface area contributed by atoms with Crippen molar-refractivity contribution in [1.82, 2.24) is 14.8 Å². The van der Waals surface area contributed by atoms with Gasteiger partial charge in [0.25, 0.3) is 0 Å². The van der Waals surface area contributed by atoms with Crippen LogP contribution < -0.4 is 14.8 Å². The van der Waals surface area contributed by atoms with E-state index in [0.717, 1.165) is 29.3 Å². The fourth-order valence-corrected chi connectivity index (χ4v) is 4.19. The lowest BCUT2D eigenvalue weighted by molar-refractivity contribution is -0.113. The molecule has 0 aliphatic rings. The molecule has 0 atom stereocenters. The maximum atomic E-state index is 12.6. The van der Waals surface area contributed by atoms with Crippen molar-refractivity contribution in [3.05, 3.63) is 90.3 Å². The number of amides is 1. The summed E-state index contributed by atoms with van der Waals surface area (Å²) in [7, 11) is 0. The third-order valence-electron chi connectivity index (χ3n) is 5.20. The van der Waals surface area contributed by atoms with E-state index in [1.807, 2.05) is 90.4 Å². The summed E-state index contributed by atoms with van der Waals surface area (Å²) >= 11 is 1.32. The van der Waals surface area contributed by atoms with Crippen molar-refractivity contribution in [1.29, 1.82) is 0 Å². The van der Waals surface area contributed by atoms with Crippen LogP contribution in [0.3, 0.4) is 0 Å². The van der Waals surface area contributed by atoms with Crippen LogP contribution in [-0.4, -0.2) is 33.0 Å². The van der Waals surface area contributed by atoms with E-state index in [4.69, 9.17) is 9.47 Å². The van der Waals surface area contributed by atoms with Gasteiger partial charge in [0.15, 0.2) is 11.0 Å². The SMILES string of the molecule is CCOc1ccc(-n2c(COc3ccccc3)nnc2SCC(=O)Nc2ccc(CC)cc2)cc1. The number of benzene rings is 3. The maximum Gasteiger partial charge on any atom is 0.234 e. The molecule has 4 aromatic rings. The Bertz CT molecular complexity index is 1230. The van der Waals surface area contributed by atoms with E-state index in [-0.39, 0.29) is 18.3 Å². The topological polar surface area (TPSA) is 78.3 Å². The first-order chi connectivity index (χ1) is 17.2. The number of carbonyl (C=O) groups is 1. The van der Waals surface area contributed by atoms with Crippen molar-refractivity contribution < 1.29 is 14.3 Å². The van der Waals surface area contributed by atoms with Crippen molar-refractivity contribution in [3.63, 3.8) is 0 Å². The van der Waals surface area contributed by atoms with Crippen LogP contribution >= 0.6 is 11.8 Å². The number of carbonyl (C=O) groups excluding carboxylic acids is 1. The van der Waals surface area contributed by atoms with Gasteiger partial charge in [-0.15, -0.1) is 10.2 Å². The number of hydrogen-bond donors (Lipinski definition) is 1. The zero-order valence-corrected chi connectivity index (χ0v) is 20.6. The fraction of sp³-hybridized carbons (Fsp3) is 0.222. The van der Waals surface area contributed by atoms with Crippen LogP contribution in [0.25, 0.3) is 5.69 Å². The summed E-state index contributed by atoms with van der Waals surface area (Å²) in [5.74, 6) is 2.26. The predicted octanol–water partition coefficient (Wildman–Crippen LogP) is 5.54. The third-order valence-corrected chi connectivity index (χ3v) is 6.12. The van der Waals surface area contributed by atoms with E-state index in [2.05, 4.69) is 22.4 Å². The lowest BCUT2D eigenvalue weighted by atomic mass is 10.1. The monoisotopic (exact) mass is 488 g/mol. The summed E-state index contributed by atoms with van der Waals surface area (Å²) in [6.45, 7) is 4.88. The molecule has 35 heavy (non-hydrogen) atoms. The number of nitrogens with zero attached hydrogens (tertiary/aromatic N) is 3. The molecule has 0 unspecified atom stereocenters. The van der Waals surface area contributed by atoms with Crippen LogP contribution in [0.4, 0.5) is 5.69 Å². The Kier molecular flexibility index (Phi) is 8.40. The lowest BCUT2D eigenvalue weighted by Gasteiger charge is -2.12. The zero-order valence-electron chi connectivity index (χ0n) is 19.8. The molecular weight excluding hydrogens is 460 g/mol. The Balaban J connectivity index is 1.49. The minimum atomic E-state index is -0.109. The van der Waals surface area contributed by atoms with Crippen LogP contribution in [0.2, 0.25) is 0 Å². The summed E-state index contributed by atoms with van der Waals surface area (Å²) in [5.41, 5.74) is 2.87. The average molecular weight is 489 g/mol. The van der Waals surface area contributed by atoms with Gasteiger partial charge in [0.2, 0.25) is 5.91 Å². The molecule has 4 rings (SSSR count). The summed E-state index contributed by atoms with van der Waals surface area (Å²) in [6, 6.07) is 25.1. The highest BCUT2D eigenvalue weighted by molar-refractivity contribution is 7.99. The van der Waals surface area contributed by atoms with E-state index >= 15 is 0 Å². The van der Waals surface area contributed by atoms with Gasteiger partial charge in [0, 0.05) is 11.4 Å². The summed E-state index contributed by atoms with van der Waals surface area (Å²) < 4.78 is 13.4.